The van der Waals surface area contributed by atoms with Crippen molar-refractivity contribution in [3.05, 3.63) is 0 Å². The largest absolute Gasteiger partial charge is 0.468 e. The molecule has 0 aliphatic rings. The van der Waals surface area contributed by atoms with Crippen LogP contribution in [0.3, 0.4) is 0 Å². The zero-order valence-corrected chi connectivity index (χ0v) is 12.3. The fourth-order valence-corrected chi connectivity index (χ4v) is 1.43. The van der Waals surface area contributed by atoms with Crippen LogP contribution in [0, 0.1) is 0 Å². The molecular weight excluding hydrogens is 250 g/mol. The number of nitrogens with one attached hydrogen (secondary N) is 1. The van der Waals surface area contributed by atoms with Gasteiger partial charge in [-0.3, -0.25) is 4.79 Å². The quantitative estimate of drug-likeness (QED) is 0.393. The predicted octanol–water partition coefficient (Wildman–Crippen LogP) is 0.597. The molecule has 1 atom stereocenters. The van der Waals surface area contributed by atoms with Crippen molar-refractivity contribution < 1.29 is 23.7 Å². The first-order valence-electron chi connectivity index (χ1n) is 6.71. The number of rotatable bonds is 13. The van der Waals surface area contributed by atoms with E-state index in [9.17, 15) is 4.79 Å². The Bertz CT molecular complexity index is 213. The molecule has 1 N–H and O–H groups in total. The van der Waals surface area contributed by atoms with Crippen LogP contribution >= 0.6 is 0 Å². The molecular formula is C13H27NO5. The van der Waals surface area contributed by atoms with Crippen LogP contribution in [0.2, 0.25) is 0 Å². The van der Waals surface area contributed by atoms with E-state index in [0.717, 1.165) is 13.0 Å². The molecule has 0 heterocycles. The van der Waals surface area contributed by atoms with E-state index in [1.54, 1.807) is 7.11 Å². The second-order valence-corrected chi connectivity index (χ2v) is 4.04. The van der Waals surface area contributed by atoms with Crippen molar-refractivity contribution in [2.24, 2.45) is 0 Å². The van der Waals surface area contributed by atoms with Gasteiger partial charge in [0.1, 0.15) is 6.04 Å². The fourth-order valence-electron chi connectivity index (χ4n) is 1.43. The van der Waals surface area contributed by atoms with Crippen molar-refractivity contribution in [3.8, 4) is 0 Å². The molecule has 0 aromatic rings. The standard InChI is InChI=1S/C13H27NO5/c1-4-6-14-12(13(15)17-3)5-7-18-10-11-19-9-8-16-2/h12,14H,4-11H2,1-3H3. The van der Waals surface area contributed by atoms with Gasteiger partial charge in [-0.1, -0.05) is 6.92 Å². The van der Waals surface area contributed by atoms with Crippen LogP contribution in [0.15, 0.2) is 0 Å². The lowest BCUT2D eigenvalue weighted by Crippen LogP contribution is -2.39. The van der Waals surface area contributed by atoms with Crippen LogP contribution in [0.5, 0.6) is 0 Å². The van der Waals surface area contributed by atoms with E-state index in [1.165, 1.54) is 7.11 Å². The summed E-state index contributed by atoms with van der Waals surface area (Å²) in [5.41, 5.74) is 0. The van der Waals surface area contributed by atoms with E-state index >= 15 is 0 Å². The second kappa shape index (κ2) is 13.7. The Balaban J connectivity index is 3.55. The van der Waals surface area contributed by atoms with Gasteiger partial charge in [-0.15, -0.1) is 0 Å². The van der Waals surface area contributed by atoms with Gasteiger partial charge in [-0.05, 0) is 19.4 Å². The highest BCUT2D eigenvalue weighted by atomic mass is 16.5. The summed E-state index contributed by atoms with van der Waals surface area (Å²) in [5.74, 6) is -0.242. The maximum atomic E-state index is 11.5. The molecule has 114 valence electrons. The third kappa shape index (κ3) is 10.9. The van der Waals surface area contributed by atoms with Crippen LogP contribution in [0.4, 0.5) is 0 Å². The van der Waals surface area contributed by atoms with Gasteiger partial charge < -0.3 is 24.3 Å². The van der Waals surface area contributed by atoms with Crippen molar-refractivity contribution in [1.82, 2.24) is 5.32 Å². The molecule has 0 spiro atoms. The zero-order valence-electron chi connectivity index (χ0n) is 12.3. The van der Waals surface area contributed by atoms with Gasteiger partial charge in [-0.2, -0.15) is 0 Å². The van der Waals surface area contributed by atoms with Crippen LogP contribution in [-0.4, -0.2) is 65.8 Å². The Morgan fingerprint density at radius 2 is 1.68 bits per heavy atom. The molecule has 0 radical (unpaired) electrons. The zero-order chi connectivity index (χ0) is 14.3. The average molecular weight is 277 g/mol. The number of hydrogen-bond acceptors (Lipinski definition) is 6. The highest BCUT2D eigenvalue weighted by molar-refractivity contribution is 5.75. The van der Waals surface area contributed by atoms with E-state index in [4.69, 9.17) is 18.9 Å². The second-order valence-electron chi connectivity index (χ2n) is 4.04. The molecule has 0 aromatic heterocycles. The Hall–Kier alpha value is -0.690. The van der Waals surface area contributed by atoms with E-state index in [0.29, 0.717) is 39.5 Å². The Morgan fingerprint density at radius 3 is 2.26 bits per heavy atom. The van der Waals surface area contributed by atoms with Gasteiger partial charge in [-0.25, -0.2) is 0 Å². The normalized spacial score (nSPS) is 12.4. The lowest BCUT2D eigenvalue weighted by Gasteiger charge is -2.15. The smallest absolute Gasteiger partial charge is 0.322 e. The Kier molecular flexibility index (Phi) is 13.2. The summed E-state index contributed by atoms with van der Waals surface area (Å²) in [6, 6.07) is -0.292. The van der Waals surface area contributed by atoms with Crippen molar-refractivity contribution in [1.29, 1.82) is 0 Å². The highest BCUT2D eigenvalue weighted by Crippen LogP contribution is 1.97. The van der Waals surface area contributed by atoms with Gasteiger partial charge in [0.25, 0.3) is 0 Å². The Morgan fingerprint density at radius 1 is 1.05 bits per heavy atom. The number of carbonyl (C=O) groups is 1. The Labute approximate surface area is 115 Å². The van der Waals surface area contributed by atoms with Crippen molar-refractivity contribution in [2.45, 2.75) is 25.8 Å². The van der Waals surface area contributed by atoms with E-state index in [2.05, 4.69) is 12.2 Å². The highest BCUT2D eigenvalue weighted by Gasteiger charge is 2.17. The lowest BCUT2D eigenvalue weighted by molar-refractivity contribution is -0.143. The van der Waals surface area contributed by atoms with Crippen LogP contribution in [0.25, 0.3) is 0 Å². The maximum absolute atomic E-state index is 11.5. The molecule has 0 bridgehead atoms. The van der Waals surface area contributed by atoms with Crippen LogP contribution in [0.1, 0.15) is 19.8 Å². The molecule has 0 amide bonds. The summed E-state index contributed by atoms with van der Waals surface area (Å²) in [4.78, 5) is 11.5. The van der Waals surface area contributed by atoms with Crippen molar-refractivity contribution >= 4 is 5.97 Å². The van der Waals surface area contributed by atoms with E-state index < -0.39 is 0 Å². The van der Waals surface area contributed by atoms with E-state index in [-0.39, 0.29) is 12.0 Å². The number of hydrogen-bond donors (Lipinski definition) is 1. The first-order chi connectivity index (χ1) is 9.26. The fraction of sp³-hybridized carbons (Fsp3) is 0.923. The molecule has 0 saturated carbocycles. The van der Waals surface area contributed by atoms with Gasteiger partial charge in [0.2, 0.25) is 0 Å². The predicted molar refractivity (Wildman–Crippen MR) is 72.2 cm³/mol. The number of carbonyl (C=O) groups excluding carboxylic acids is 1. The first-order valence-corrected chi connectivity index (χ1v) is 6.71. The van der Waals surface area contributed by atoms with Gasteiger partial charge in [0.15, 0.2) is 0 Å². The van der Waals surface area contributed by atoms with Crippen molar-refractivity contribution in [3.63, 3.8) is 0 Å². The van der Waals surface area contributed by atoms with Gasteiger partial charge in [0.05, 0.1) is 33.5 Å². The third-order valence-corrected chi connectivity index (χ3v) is 2.48. The molecule has 6 nitrogen and oxygen atoms in total. The molecule has 0 aliphatic carbocycles. The minimum atomic E-state index is -0.292. The molecule has 0 aromatic carbocycles. The number of esters is 1. The molecule has 0 aliphatic heterocycles. The van der Waals surface area contributed by atoms with Crippen molar-refractivity contribution in [2.75, 3.05) is 53.8 Å². The summed E-state index contributed by atoms with van der Waals surface area (Å²) in [5, 5.41) is 3.14. The van der Waals surface area contributed by atoms with Gasteiger partial charge >= 0.3 is 5.97 Å². The summed E-state index contributed by atoms with van der Waals surface area (Å²) in [6.07, 6.45) is 1.58. The average Bonchev–Trinajstić information content (AvgIpc) is 2.44. The summed E-state index contributed by atoms with van der Waals surface area (Å²) < 4.78 is 20.3. The molecule has 0 saturated heterocycles. The molecule has 0 rings (SSSR count). The number of methoxy groups -OCH3 is 2. The third-order valence-electron chi connectivity index (χ3n) is 2.48. The maximum Gasteiger partial charge on any atom is 0.322 e. The van der Waals surface area contributed by atoms with Crippen LogP contribution < -0.4 is 5.32 Å². The van der Waals surface area contributed by atoms with Crippen LogP contribution in [-0.2, 0) is 23.7 Å². The minimum absolute atomic E-state index is 0.242. The number of ether oxygens (including phenoxy) is 4. The minimum Gasteiger partial charge on any atom is -0.468 e. The summed E-state index contributed by atoms with van der Waals surface area (Å²) in [7, 11) is 3.03. The lowest BCUT2D eigenvalue weighted by atomic mass is 10.2. The molecule has 6 heteroatoms. The van der Waals surface area contributed by atoms with E-state index in [1.807, 2.05) is 0 Å². The summed E-state index contributed by atoms with van der Waals surface area (Å²) in [6.45, 7) is 5.56. The molecule has 19 heavy (non-hydrogen) atoms. The SMILES string of the molecule is CCCNC(CCOCCOCCOC)C(=O)OC. The molecule has 1 unspecified atom stereocenters. The molecule has 0 fully saturated rings. The topological polar surface area (TPSA) is 66.0 Å². The summed E-state index contributed by atoms with van der Waals surface area (Å²) >= 11 is 0. The van der Waals surface area contributed by atoms with Gasteiger partial charge in [0, 0.05) is 13.7 Å². The first kappa shape index (κ1) is 18.3. The monoisotopic (exact) mass is 277 g/mol.